The van der Waals surface area contributed by atoms with Gasteiger partial charge in [-0.3, -0.25) is 4.79 Å². The maximum Gasteiger partial charge on any atom is 0.256 e. The number of ether oxygens (including phenoxy) is 1. The van der Waals surface area contributed by atoms with Crippen LogP contribution in [0.15, 0.2) is 18.2 Å². The van der Waals surface area contributed by atoms with E-state index in [2.05, 4.69) is 15.9 Å². The lowest BCUT2D eigenvalue weighted by molar-refractivity contribution is 0.0704. The fourth-order valence-electron chi connectivity index (χ4n) is 1.45. The number of carbonyl (C=O) groups excluding carboxylic acids is 1. The molecule has 3 nitrogen and oxygen atoms in total. The highest BCUT2D eigenvalue weighted by atomic mass is 79.9. The molecule has 0 heterocycles. The molecule has 0 bridgehead atoms. The highest BCUT2D eigenvalue weighted by molar-refractivity contribution is 9.09. The summed E-state index contributed by atoms with van der Waals surface area (Å²) in [5, 5.41) is 0.894. The number of amides is 1. The number of carbonyl (C=O) groups is 1. The quantitative estimate of drug-likeness (QED) is 0.746. The summed E-state index contributed by atoms with van der Waals surface area (Å²) in [6.45, 7) is 1.32. The molecule has 0 unspecified atom stereocenters. The molecular formula is C12H14BrClFNO2. The van der Waals surface area contributed by atoms with E-state index in [1.807, 2.05) is 0 Å². The molecular weight excluding hydrogens is 324 g/mol. The Bertz CT molecular complexity index is 417. The first-order valence-corrected chi connectivity index (χ1v) is 6.89. The van der Waals surface area contributed by atoms with E-state index in [4.69, 9.17) is 16.3 Å². The van der Waals surface area contributed by atoms with Crippen LogP contribution < -0.4 is 0 Å². The number of nitrogens with zero attached hydrogens (tertiary/aromatic N) is 1. The van der Waals surface area contributed by atoms with Gasteiger partial charge in [-0.1, -0.05) is 27.5 Å². The third-order valence-electron chi connectivity index (χ3n) is 2.37. The summed E-state index contributed by atoms with van der Waals surface area (Å²) < 4.78 is 18.6. The van der Waals surface area contributed by atoms with Gasteiger partial charge in [-0.15, -0.1) is 0 Å². The predicted octanol–water partition coefficient (Wildman–Crippen LogP) is 2.96. The molecule has 1 amide bonds. The van der Waals surface area contributed by atoms with Crippen molar-refractivity contribution >= 4 is 33.4 Å². The van der Waals surface area contributed by atoms with Gasteiger partial charge in [0.25, 0.3) is 5.91 Å². The lowest BCUT2D eigenvalue weighted by Gasteiger charge is -2.21. The lowest BCUT2D eigenvalue weighted by Crippen LogP contribution is -2.35. The number of benzene rings is 1. The number of halogens is 3. The number of hydrogen-bond donors (Lipinski definition) is 0. The molecule has 1 rings (SSSR count). The molecule has 100 valence electrons. The fourth-order valence-corrected chi connectivity index (χ4v) is 2.04. The Balaban J connectivity index is 2.87. The van der Waals surface area contributed by atoms with Crippen molar-refractivity contribution in [3.8, 4) is 0 Å². The first kappa shape index (κ1) is 15.4. The van der Waals surface area contributed by atoms with Crippen LogP contribution in [0.4, 0.5) is 4.39 Å². The van der Waals surface area contributed by atoms with Crippen molar-refractivity contribution in [1.29, 1.82) is 0 Å². The zero-order chi connectivity index (χ0) is 13.5. The number of hydrogen-bond acceptors (Lipinski definition) is 2. The second-order valence-electron chi connectivity index (χ2n) is 3.60. The zero-order valence-corrected chi connectivity index (χ0v) is 12.3. The van der Waals surface area contributed by atoms with Crippen molar-refractivity contribution in [2.75, 3.05) is 32.1 Å². The monoisotopic (exact) mass is 337 g/mol. The topological polar surface area (TPSA) is 29.5 Å². The van der Waals surface area contributed by atoms with Crippen LogP contribution in [0.5, 0.6) is 0 Å². The lowest BCUT2D eigenvalue weighted by atomic mass is 10.2. The Kier molecular flexibility index (Phi) is 6.60. The van der Waals surface area contributed by atoms with E-state index >= 15 is 0 Å². The maximum atomic E-state index is 13.6. The molecule has 0 aliphatic carbocycles. The molecule has 0 aliphatic heterocycles. The number of rotatable bonds is 6. The second kappa shape index (κ2) is 7.71. The van der Waals surface area contributed by atoms with Crippen LogP contribution in [0.1, 0.15) is 10.4 Å². The predicted molar refractivity (Wildman–Crippen MR) is 73.0 cm³/mol. The summed E-state index contributed by atoms with van der Waals surface area (Å²) >= 11 is 8.92. The second-order valence-corrected chi connectivity index (χ2v) is 4.83. The van der Waals surface area contributed by atoms with E-state index in [0.717, 1.165) is 6.07 Å². The summed E-state index contributed by atoms with van der Waals surface area (Å²) in [6, 6.07) is 4.03. The van der Waals surface area contributed by atoms with E-state index in [-0.39, 0.29) is 16.5 Å². The van der Waals surface area contributed by atoms with Crippen LogP contribution in [-0.4, -0.2) is 42.9 Å². The van der Waals surface area contributed by atoms with Crippen molar-refractivity contribution in [3.63, 3.8) is 0 Å². The van der Waals surface area contributed by atoms with Gasteiger partial charge in [-0.05, 0) is 18.2 Å². The molecule has 6 heteroatoms. The normalized spacial score (nSPS) is 10.4. The third-order valence-corrected chi connectivity index (χ3v) is 2.96. The molecule has 1 aromatic rings. The molecule has 0 aromatic heterocycles. The van der Waals surface area contributed by atoms with Crippen LogP contribution in [0.25, 0.3) is 0 Å². The minimum absolute atomic E-state index is 0.0245. The first-order valence-electron chi connectivity index (χ1n) is 5.39. The number of alkyl halides is 1. The van der Waals surface area contributed by atoms with Gasteiger partial charge in [0.1, 0.15) is 5.82 Å². The summed E-state index contributed by atoms with van der Waals surface area (Å²) in [5.74, 6) is -0.967. The smallest absolute Gasteiger partial charge is 0.256 e. The minimum Gasteiger partial charge on any atom is -0.383 e. The van der Waals surface area contributed by atoms with Gasteiger partial charge in [0.15, 0.2) is 0 Å². The molecule has 0 saturated carbocycles. The third kappa shape index (κ3) is 4.23. The minimum atomic E-state index is -0.607. The van der Waals surface area contributed by atoms with Gasteiger partial charge in [0.05, 0.1) is 12.2 Å². The van der Waals surface area contributed by atoms with Crippen LogP contribution in [0.2, 0.25) is 5.02 Å². The summed E-state index contributed by atoms with van der Waals surface area (Å²) in [6.07, 6.45) is 0. The molecule has 0 spiro atoms. The zero-order valence-electron chi connectivity index (χ0n) is 9.96. The molecule has 0 saturated heterocycles. The molecule has 0 aliphatic rings. The molecule has 0 fully saturated rings. The van der Waals surface area contributed by atoms with Crippen molar-refractivity contribution < 1.29 is 13.9 Å². The summed E-state index contributed by atoms with van der Waals surface area (Å²) in [5.41, 5.74) is 0.0245. The summed E-state index contributed by atoms with van der Waals surface area (Å²) in [7, 11) is 1.56. The van der Waals surface area contributed by atoms with E-state index in [9.17, 15) is 9.18 Å². The van der Waals surface area contributed by atoms with Gasteiger partial charge in [-0.2, -0.15) is 0 Å². The van der Waals surface area contributed by atoms with Crippen molar-refractivity contribution in [3.05, 3.63) is 34.6 Å². The average molecular weight is 339 g/mol. The SMILES string of the molecule is COCCN(CCBr)C(=O)c1ccc(Cl)cc1F. The molecule has 0 atom stereocenters. The van der Waals surface area contributed by atoms with Crippen LogP contribution >= 0.6 is 27.5 Å². The molecule has 18 heavy (non-hydrogen) atoms. The first-order chi connectivity index (χ1) is 8.60. The molecule has 0 N–H and O–H groups in total. The Morgan fingerprint density at radius 2 is 2.22 bits per heavy atom. The van der Waals surface area contributed by atoms with E-state index in [0.29, 0.717) is 25.0 Å². The Hall–Kier alpha value is -0.650. The summed E-state index contributed by atoms with van der Waals surface area (Å²) in [4.78, 5) is 13.7. The molecule has 1 aromatic carbocycles. The van der Waals surface area contributed by atoms with E-state index in [1.165, 1.54) is 17.0 Å². The largest absolute Gasteiger partial charge is 0.383 e. The van der Waals surface area contributed by atoms with Gasteiger partial charge in [-0.25, -0.2) is 4.39 Å². The molecule has 0 radical (unpaired) electrons. The Morgan fingerprint density at radius 3 is 2.78 bits per heavy atom. The van der Waals surface area contributed by atoms with Gasteiger partial charge >= 0.3 is 0 Å². The standard InChI is InChI=1S/C12H14BrClFNO2/c1-18-7-6-16(5-4-13)12(17)10-3-2-9(14)8-11(10)15/h2-3,8H,4-7H2,1H3. The van der Waals surface area contributed by atoms with E-state index < -0.39 is 5.82 Å². The van der Waals surface area contributed by atoms with Crippen molar-refractivity contribution in [1.82, 2.24) is 4.90 Å². The van der Waals surface area contributed by atoms with Crippen LogP contribution in [0.3, 0.4) is 0 Å². The van der Waals surface area contributed by atoms with E-state index in [1.54, 1.807) is 7.11 Å². The highest BCUT2D eigenvalue weighted by Crippen LogP contribution is 2.16. The van der Waals surface area contributed by atoms with Gasteiger partial charge in [0, 0.05) is 30.6 Å². The average Bonchev–Trinajstić information content (AvgIpc) is 2.33. The van der Waals surface area contributed by atoms with Gasteiger partial charge in [0.2, 0.25) is 0 Å². The Labute approximate surface area is 119 Å². The number of methoxy groups -OCH3 is 1. The van der Waals surface area contributed by atoms with Gasteiger partial charge < -0.3 is 9.64 Å². The highest BCUT2D eigenvalue weighted by Gasteiger charge is 2.18. The van der Waals surface area contributed by atoms with Crippen LogP contribution in [-0.2, 0) is 4.74 Å². The maximum absolute atomic E-state index is 13.6. The van der Waals surface area contributed by atoms with Crippen LogP contribution in [0, 0.1) is 5.82 Å². The Morgan fingerprint density at radius 1 is 1.50 bits per heavy atom. The van der Waals surface area contributed by atoms with Crippen molar-refractivity contribution in [2.24, 2.45) is 0 Å². The van der Waals surface area contributed by atoms with Crippen molar-refractivity contribution in [2.45, 2.75) is 0 Å². The fraction of sp³-hybridized carbons (Fsp3) is 0.417.